The first-order valence-corrected chi connectivity index (χ1v) is 11.4. The van der Waals surface area contributed by atoms with Crippen LogP contribution in [0.2, 0.25) is 0 Å². The van der Waals surface area contributed by atoms with Crippen molar-refractivity contribution in [1.29, 1.82) is 0 Å². The SMILES string of the molecule is C=Nc1c(-c2cnn(-c3ccccc3)c2)cnn1-c1ccc[nH]1.CCC[C@](C)(CC)CC(=O)O. The van der Waals surface area contributed by atoms with Gasteiger partial charge in [0, 0.05) is 23.5 Å². The Balaban J connectivity index is 0.000000252. The monoisotopic (exact) mass is 460 g/mol. The van der Waals surface area contributed by atoms with E-state index in [1.54, 1.807) is 17.1 Å². The molecule has 3 heterocycles. The molecule has 0 aliphatic carbocycles. The van der Waals surface area contributed by atoms with Crippen LogP contribution >= 0.6 is 0 Å². The van der Waals surface area contributed by atoms with Crippen molar-refractivity contribution in [2.24, 2.45) is 10.4 Å². The van der Waals surface area contributed by atoms with Crippen LogP contribution in [0.15, 0.2) is 72.2 Å². The maximum atomic E-state index is 10.4. The summed E-state index contributed by atoms with van der Waals surface area (Å²) in [6.45, 7) is 9.87. The summed E-state index contributed by atoms with van der Waals surface area (Å²) in [5, 5.41) is 17.4. The topological polar surface area (TPSA) is 101 Å². The predicted octanol–water partition coefficient (Wildman–Crippen LogP) is 6.06. The third-order valence-electron chi connectivity index (χ3n) is 5.90. The maximum absolute atomic E-state index is 10.4. The van der Waals surface area contributed by atoms with Crippen LogP contribution in [0.4, 0.5) is 5.82 Å². The fourth-order valence-electron chi connectivity index (χ4n) is 3.87. The molecule has 2 N–H and O–H groups in total. The van der Waals surface area contributed by atoms with E-state index in [9.17, 15) is 4.79 Å². The lowest BCUT2D eigenvalue weighted by atomic mass is 9.80. The quantitative estimate of drug-likeness (QED) is 0.296. The molecule has 8 nitrogen and oxygen atoms in total. The molecule has 0 saturated heterocycles. The average Bonchev–Trinajstić information content (AvgIpc) is 3.59. The number of para-hydroxylation sites is 1. The Kier molecular flexibility index (Phi) is 8.19. The number of aliphatic imine (C=N–C) groups is 1. The first-order valence-electron chi connectivity index (χ1n) is 11.4. The molecule has 0 fully saturated rings. The fourth-order valence-corrected chi connectivity index (χ4v) is 3.87. The summed E-state index contributed by atoms with van der Waals surface area (Å²) < 4.78 is 3.55. The van der Waals surface area contributed by atoms with E-state index in [1.165, 1.54) is 0 Å². The van der Waals surface area contributed by atoms with E-state index in [2.05, 4.69) is 40.7 Å². The number of aromatic nitrogens is 5. The first kappa shape index (κ1) is 24.7. The van der Waals surface area contributed by atoms with E-state index in [0.717, 1.165) is 41.9 Å². The average molecular weight is 461 g/mol. The second-order valence-electron chi connectivity index (χ2n) is 8.50. The van der Waals surface area contributed by atoms with E-state index >= 15 is 0 Å². The first-order chi connectivity index (χ1) is 16.4. The normalized spacial score (nSPS) is 12.4. The van der Waals surface area contributed by atoms with Gasteiger partial charge in [-0.25, -0.2) is 9.67 Å². The fraction of sp³-hybridized carbons (Fsp3) is 0.308. The van der Waals surface area contributed by atoms with Crippen molar-refractivity contribution in [3.63, 3.8) is 0 Å². The number of H-pyrrole nitrogens is 1. The Bertz CT molecular complexity index is 1190. The molecule has 0 amide bonds. The number of carbonyl (C=O) groups is 1. The number of rotatable bonds is 9. The minimum Gasteiger partial charge on any atom is -0.481 e. The number of aromatic amines is 1. The highest BCUT2D eigenvalue weighted by atomic mass is 16.4. The molecule has 0 bridgehead atoms. The van der Waals surface area contributed by atoms with Crippen LogP contribution in [0.1, 0.15) is 46.5 Å². The van der Waals surface area contributed by atoms with Gasteiger partial charge >= 0.3 is 5.97 Å². The van der Waals surface area contributed by atoms with E-state index in [-0.39, 0.29) is 5.41 Å². The zero-order chi connectivity index (χ0) is 24.6. The zero-order valence-corrected chi connectivity index (χ0v) is 20.0. The van der Waals surface area contributed by atoms with Gasteiger partial charge in [-0.1, -0.05) is 51.8 Å². The van der Waals surface area contributed by atoms with Crippen LogP contribution in [0.3, 0.4) is 0 Å². The predicted molar refractivity (Wildman–Crippen MR) is 135 cm³/mol. The number of benzene rings is 1. The zero-order valence-electron chi connectivity index (χ0n) is 20.0. The van der Waals surface area contributed by atoms with Crippen LogP contribution in [0, 0.1) is 5.41 Å². The summed E-state index contributed by atoms with van der Waals surface area (Å²) in [6, 6.07) is 13.8. The molecule has 3 aromatic heterocycles. The molecular formula is C26H32N6O2. The number of nitrogens with zero attached hydrogens (tertiary/aromatic N) is 5. The van der Waals surface area contributed by atoms with Crippen LogP contribution in [0.25, 0.3) is 22.6 Å². The maximum Gasteiger partial charge on any atom is 0.303 e. The van der Waals surface area contributed by atoms with Gasteiger partial charge in [0.2, 0.25) is 0 Å². The summed E-state index contributed by atoms with van der Waals surface area (Å²) >= 11 is 0. The largest absolute Gasteiger partial charge is 0.481 e. The molecule has 4 aromatic rings. The summed E-state index contributed by atoms with van der Waals surface area (Å²) in [4.78, 5) is 17.7. The lowest BCUT2D eigenvalue weighted by Crippen LogP contribution is -2.19. The van der Waals surface area contributed by atoms with Crippen LogP contribution in [-0.2, 0) is 4.79 Å². The molecule has 1 aromatic carbocycles. The smallest absolute Gasteiger partial charge is 0.303 e. The molecule has 4 rings (SSSR count). The van der Waals surface area contributed by atoms with Crippen LogP contribution < -0.4 is 0 Å². The van der Waals surface area contributed by atoms with Crippen molar-refractivity contribution < 1.29 is 9.90 Å². The molecule has 0 radical (unpaired) electrons. The van der Waals surface area contributed by atoms with Crippen LogP contribution in [-0.4, -0.2) is 42.3 Å². The molecule has 0 spiro atoms. The summed E-state index contributed by atoms with van der Waals surface area (Å²) in [5.74, 6) is 0.844. The number of carboxylic acid groups (broad SMARTS) is 1. The number of nitrogens with one attached hydrogen (secondary N) is 1. The lowest BCUT2D eigenvalue weighted by Gasteiger charge is -2.25. The Morgan fingerprint density at radius 1 is 1.15 bits per heavy atom. The standard InChI is InChI=1S/C17H14N6.C9H18O2/c1-18-17-15(11-21-23(17)16-8-5-9-19-16)13-10-20-22(12-13)14-6-3-2-4-7-14;1-4-6-9(3,5-2)7-8(10)11/h2-12,19H,1H2;4-7H2,1-3H3,(H,10,11)/t;9-/m.0/s1. The highest BCUT2D eigenvalue weighted by Crippen LogP contribution is 2.32. The van der Waals surface area contributed by atoms with Crippen LogP contribution in [0.5, 0.6) is 0 Å². The summed E-state index contributed by atoms with van der Waals surface area (Å²) in [6.07, 6.45) is 10.7. The second kappa shape index (κ2) is 11.3. The van der Waals surface area contributed by atoms with Gasteiger partial charge in [0.15, 0.2) is 5.82 Å². The Morgan fingerprint density at radius 3 is 2.50 bits per heavy atom. The Labute approximate surface area is 200 Å². The van der Waals surface area contributed by atoms with E-state index < -0.39 is 5.97 Å². The number of hydrogen-bond acceptors (Lipinski definition) is 4. The lowest BCUT2D eigenvalue weighted by molar-refractivity contribution is -0.139. The summed E-state index contributed by atoms with van der Waals surface area (Å²) in [7, 11) is 0. The van der Waals surface area contributed by atoms with E-state index in [0.29, 0.717) is 12.2 Å². The molecule has 0 unspecified atom stereocenters. The third kappa shape index (κ3) is 5.89. The van der Waals surface area contributed by atoms with Gasteiger partial charge in [-0.15, -0.1) is 0 Å². The summed E-state index contributed by atoms with van der Waals surface area (Å²) in [5.41, 5.74) is 2.84. The van der Waals surface area contributed by atoms with Gasteiger partial charge in [0.25, 0.3) is 0 Å². The molecule has 0 aliphatic heterocycles. The van der Waals surface area contributed by atoms with Crippen molar-refractivity contribution in [2.45, 2.75) is 46.5 Å². The van der Waals surface area contributed by atoms with Crippen molar-refractivity contribution in [2.75, 3.05) is 0 Å². The second-order valence-corrected chi connectivity index (χ2v) is 8.50. The highest BCUT2D eigenvalue weighted by Gasteiger charge is 2.24. The molecule has 8 heteroatoms. The van der Waals surface area contributed by atoms with Crippen molar-refractivity contribution in [1.82, 2.24) is 24.5 Å². The number of hydrogen-bond donors (Lipinski definition) is 2. The van der Waals surface area contributed by atoms with Gasteiger partial charge in [-0.2, -0.15) is 14.9 Å². The molecule has 178 valence electrons. The van der Waals surface area contributed by atoms with E-state index in [1.807, 2.05) is 66.5 Å². The molecule has 0 saturated carbocycles. The van der Waals surface area contributed by atoms with Gasteiger partial charge in [0.1, 0.15) is 5.82 Å². The molecule has 34 heavy (non-hydrogen) atoms. The molecule has 0 aliphatic rings. The van der Waals surface area contributed by atoms with Gasteiger partial charge in [-0.3, -0.25) is 4.79 Å². The number of carboxylic acids is 1. The van der Waals surface area contributed by atoms with Gasteiger partial charge in [-0.05, 0) is 42.8 Å². The number of aliphatic carboxylic acids is 1. The minimum absolute atomic E-state index is 0.0145. The molecular weight excluding hydrogens is 428 g/mol. The Hall–Kier alpha value is -3.94. The van der Waals surface area contributed by atoms with Gasteiger partial charge < -0.3 is 10.1 Å². The van der Waals surface area contributed by atoms with Crippen molar-refractivity contribution >= 4 is 18.5 Å². The highest BCUT2D eigenvalue weighted by molar-refractivity contribution is 5.74. The minimum atomic E-state index is -0.678. The van der Waals surface area contributed by atoms with E-state index in [4.69, 9.17) is 5.11 Å². The van der Waals surface area contributed by atoms with Crippen molar-refractivity contribution in [3.8, 4) is 22.6 Å². The van der Waals surface area contributed by atoms with Crippen molar-refractivity contribution in [3.05, 3.63) is 67.3 Å². The van der Waals surface area contributed by atoms with Gasteiger partial charge in [0.05, 0.1) is 24.5 Å². The molecule has 1 atom stereocenters. The Morgan fingerprint density at radius 2 is 1.91 bits per heavy atom. The third-order valence-corrected chi connectivity index (χ3v) is 5.90.